The molecule has 0 aliphatic carbocycles. The number of carbonyl (C=O) groups excluding carboxylic acids is 1. The van der Waals surface area contributed by atoms with E-state index in [1.165, 1.54) is 16.5 Å². The second-order valence-electron chi connectivity index (χ2n) is 9.80. The first-order chi connectivity index (χ1) is 16.9. The summed E-state index contributed by atoms with van der Waals surface area (Å²) in [6.07, 6.45) is 5.84. The average molecular weight is 475 g/mol. The molecule has 0 bridgehead atoms. The molecule has 35 heavy (non-hydrogen) atoms. The number of rotatable bonds is 7. The van der Waals surface area contributed by atoms with Crippen molar-refractivity contribution < 1.29 is 9.53 Å². The number of ether oxygens (including phenoxy) is 1. The number of fused-ring (bicyclic) bond motifs is 2. The van der Waals surface area contributed by atoms with Crippen molar-refractivity contribution >= 4 is 22.5 Å². The zero-order valence-corrected chi connectivity index (χ0v) is 21.0. The third-order valence-electron chi connectivity index (χ3n) is 7.15. The summed E-state index contributed by atoms with van der Waals surface area (Å²) >= 11 is 0. The molecule has 0 atom stereocenters. The van der Waals surface area contributed by atoms with Crippen LogP contribution in [0, 0.1) is 0 Å². The summed E-state index contributed by atoms with van der Waals surface area (Å²) in [7, 11) is 1.67. The first-order valence-electron chi connectivity index (χ1n) is 12.4. The fraction of sp³-hybridized carbons (Fsp3) is 0.444. The Hall–Kier alpha value is -3.39. The number of hydrogen-bond acceptors (Lipinski definition) is 5. The van der Waals surface area contributed by atoms with E-state index in [9.17, 15) is 4.79 Å². The highest BCUT2D eigenvalue weighted by Crippen LogP contribution is 2.39. The number of carbonyl (C=O) groups is 1. The first kappa shape index (κ1) is 23.4. The van der Waals surface area contributed by atoms with Crippen molar-refractivity contribution in [3.8, 4) is 17.0 Å². The summed E-state index contributed by atoms with van der Waals surface area (Å²) in [5.41, 5.74) is 6.73. The van der Waals surface area contributed by atoms with Crippen LogP contribution in [0.1, 0.15) is 56.6 Å². The summed E-state index contributed by atoms with van der Waals surface area (Å²) in [6.45, 7) is 9.84. The van der Waals surface area contributed by atoms with Crippen LogP contribution in [0.25, 0.3) is 27.8 Å². The largest absolute Gasteiger partial charge is 0.493 e. The molecule has 8 nitrogen and oxygen atoms in total. The molecule has 1 fully saturated rings. The SMILES string of the molecule is COc1cc(-c2[nH]c3ccc(C4CCN(CCNC(C)=O)CC4)cc3c2C(C)C)cn2ncnc12. The molecule has 2 N–H and O–H groups in total. The van der Waals surface area contributed by atoms with Crippen molar-refractivity contribution in [1.82, 2.24) is 29.8 Å². The maximum absolute atomic E-state index is 11.1. The number of benzene rings is 1. The van der Waals surface area contributed by atoms with Gasteiger partial charge < -0.3 is 19.9 Å². The molecule has 0 unspecified atom stereocenters. The van der Waals surface area contributed by atoms with Crippen molar-refractivity contribution in [3.05, 3.63) is 47.9 Å². The topological polar surface area (TPSA) is 87.5 Å². The third kappa shape index (κ3) is 4.62. The Morgan fingerprint density at radius 2 is 2.06 bits per heavy atom. The van der Waals surface area contributed by atoms with Crippen LogP contribution in [0.2, 0.25) is 0 Å². The Balaban J connectivity index is 1.43. The Bertz CT molecular complexity index is 1350. The number of piperidine rings is 1. The van der Waals surface area contributed by atoms with Gasteiger partial charge in [-0.15, -0.1) is 0 Å². The van der Waals surface area contributed by atoms with Crippen molar-refractivity contribution in [2.75, 3.05) is 33.3 Å². The van der Waals surface area contributed by atoms with E-state index in [1.807, 2.05) is 12.3 Å². The summed E-state index contributed by atoms with van der Waals surface area (Å²) in [6, 6.07) is 8.95. The predicted molar refractivity (Wildman–Crippen MR) is 138 cm³/mol. The van der Waals surface area contributed by atoms with Gasteiger partial charge in [-0.2, -0.15) is 5.10 Å². The molecular formula is C27H34N6O2. The van der Waals surface area contributed by atoms with Gasteiger partial charge in [-0.1, -0.05) is 19.9 Å². The molecule has 184 valence electrons. The first-order valence-corrected chi connectivity index (χ1v) is 12.4. The van der Waals surface area contributed by atoms with Crippen molar-refractivity contribution in [2.45, 2.75) is 45.4 Å². The Morgan fingerprint density at radius 1 is 1.26 bits per heavy atom. The van der Waals surface area contributed by atoms with Gasteiger partial charge in [-0.05, 0) is 67.1 Å². The fourth-order valence-corrected chi connectivity index (χ4v) is 5.37. The number of H-pyrrole nitrogens is 1. The number of nitrogens with one attached hydrogen (secondary N) is 2. The van der Waals surface area contributed by atoms with Crippen LogP contribution in [0.4, 0.5) is 0 Å². The molecule has 1 aromatic carbocycles. The standard InChI is InChI=1S/C27H34N6O2/c1-17(2)25-22-13-20(19-7-10-32(11-8-19)12-9-28-18(3)34)5-6-23(22)31-26(25)21-14-24(35-4)27-29-16-30-33(27)15-21/h5-6,13-17,19,31H,7-12H2,1-4H3,(H,28,34). The summed E-state index contributed by atoms with van der Waals surface area (Å²) < 4.78 is 7.38. The molecule has 3 aromatic heterocycles. The van der Waals surface area contributed by atoms with Gasteiger partial charge >= 0.3 is 0 Å². The lowest BCUT2D eigenvalue weighted by molar-refractivity contribution is -0.119. The molecule has 0 saturated carbocycles. The van der Waals surface area contributed by atoms with Crippen LogP contribution in [0.3, 0.4) is 0 Å². The van der Waals surface area contributed by atoms with E-state index < -0.39 is 0 Å². The van der Waals surface area contributed by atoms with Crippen molar-refractivity contribution in [3.63, 3.8) is 0 Å². The number of methoxy groups -OCH3 is 1. The molecule has 5 rings (SSSR count). The smallest absolute Gasteiger partial charge is 0.216 e. The zero-order chi connectivity index (χ0) is 24.5. The highest BCUT2D eigenvalue weighted by molar-refractivity contribution is 5.92. The zero-order valence-electron chi connectivity index (χ0n) is 21.0. The number of amides is 1. The molecule has 0 radical (unpaired) electrons. The number of likely N-dealkylation sites (tertiary alicyclic amines) is 1. The van der Waals surface area contributed by atoms with E-state index in [0.29, 0.717) is 23.2 Å². The van der Waals surface area contributed by atoms with E-state index in [1.54, 1.807) is 24.9 Å². The van der Waals surface area contributed by atoms with Gasteiger partial charge in [0.15, 0.2) is 11.4 Å². The monoisotopic (exact) mass is 474 g/mol. The van der Waals surface area contributed by atoms with Gasteiger partial charge in [0.2, 0.25) is 5.91 Å². The Labute approximate surface area is 205 Å². The maximum Gasteiger partial charge on any atom is 0.216 e. The number of aromatic amines is 1. The molecule has 4 heterocycles. The molecule has 1 saturated heterocycles. The van der Waals surface area contributed by atoms with Gasteiger partial charge in [-0.3, -0.25) is 4.79 Å². The fourth-order valence-electron chi connectivity index (χ4n) is 5.37. The molecule has 1 amide bonds. The highest BCUT2D eigenvalue weighted by atomic mass is 16.5. The van der Waals surface area contributed by atoms with Gasteiger partial charge in [0.1, 0.15) is 6.33 Å². The highest BCUT2D eigenvalue weighted by Gasteiger charge is 2.23. The minimum absolute atomic E-state index is 0.0414. The minimum atomic E-state index is 0.0414. The van der Waals surface area contributed by atoms with E-state index >= 15 is 0 Å². The van der Waals surface area contributed by atoms with Gasteiger partial charge in [0, 0.05) is 42.7 Å². The minimum Gasteiger partial charge on any atom is -0.493 e. The van der Waals surface area contributed by atoms with Crippen LogP contribution in [-0.4, -0.2) is 63.7 Å². The quantitative estimate of drug-likeness (QED) is 0.416. The lowest BCUT2D eigenvalue weighted by Crippen LogP contribution is -2.38. The maximum atomic E-state index is 11.1. The van der Waals surface area contributed by atoms with E-state index in [4.69, 9.17) is 4.74 Å². The van der Waals surface area contributed by atoms with Crippen molar-refractivity contribution in [2.24, 2.45) is 0 Å². The second-order valence-corrected chi connectivity index (χ2v) is 9.80. The average Bonchev–Trinajstić information content (AvgIpc) is 3.48. The summed E-state index contributed by atoms with van der Waals surface area (Å²) in [4.78, 5) is 21.6. The molecule has 1 aliphatic rings. The predicted octanol–water partition coefficient (Wildman–Crippen LogP) is 4.33. The van der Waals surface area contributed by atoms with E-state index in [-0.39, 0.29) is 5.91 Å². The van der Waals surface area contributed by atoms with Crippen LogP contribution in [0.15, 0.2) is 36.8 Å². The van der Waals surface area contributed by atoms with Crippen LogP contribution < -0.4 is 10.1 Å². The Kier molecular flexibility index (Phi) is 6.47. The Morgan fingerprint density at radius 3 is 2.77 bits per heavy atom. The third-order valence-corrected chi connectivity index (χ3v) is 7.15. The van der Waals surface area contributed by atoms with Gasteiger partial charge in [0.05, 0.1) is 12.8 Å². The normalized spacial score (nSPS) is 15.3. The van der Waals surface area contributed by atoms with Crippen LogP contribution >= 0.6 is 0 Å². The lowest BCUT2D eigenvalue weighted by atomic mass is 9.87. The molecule has 1 aliphatic heterocycles. The van der Waals surface area contributed by atoms with Crippen LogP contribution in [-0.2, 0) is 4.79 Å². The second kappa shape index (κ2) is 9.70. The molecule has 8 heteroatoms. The molecular weight excluding hydrogens is 440 g/mol. The molecule has 4 aromatic rings. The van der Waals surface area contributed by atoms with Gasteiger partial charge in [0.25, 0.3) is 0 Å². The number of hydrogen-bond donors (Lipinski definition) is 2. The van der Waals surface area contributed by atoms with E-state index in [2.05, 4.69) is 57.3 Å². The van der Waals surface area contributed by atoms with Gasteiger partial charge in [-0.25, -0.2) is 9.50 Å². The molecule has 0 spiro atoms. The van der Waals surface area contributed by atoms with Crippen molar-refractivity contribution in [1.29, 1.82) is 0 Å². The number of aromatic nitrogens is 4. The lowest BCUT2D eigenvalue weighted by Gasteiger charge is -2.32. The summed E-state index contributed by atoms with van der Waals surface area (Å²) in [5.74, 6) is 1.66. The van der Waals surface area contributed by atoms with Crippen LogP contribution in [0.5, 0.6) is 5.75 Å². The number of pyridine rings is 1. The number of nitrogens with zero attached hydrogens (tertiary/aromatic N) is 4. The summed E-state index contributed by atoms with van der Waals surface area (Å²) in [5, 5.41) is 8.53. The van der Waals surface area contributed by atoms with E-state index in [0.717, 1.165) is 55.8 Å².